The molecule has 68 valence electrons. The molecule has 0 amide bonds. The van der Waals surface area contributed by atoms with Crippen LogP contribution in [0.4, 0.5) is 0 Å². The molecule has 1 aromatic carbocycles. The predicted molar refractivity (Wildman–Crippen MR) is 50.5 cm³/mol. The second kappa shape index (κ2) is 2.78. The molecule has 0 aliphatic rings. The monoisotopic (exact) mass is 177 g/mol. The third kappa shape index (κ3) is 1.17. The topological polar surface area (TPSA) is 45.4 Å². The van der Waals surface area contributed by atoms with Crippen molar-refractivity contribution in [2.24, 2.45) is 0 Å². The molecule has 1 heterocycles. The fourth-order valence-electron chi connectivity index (χ4n) is 1.50. The summed E-state index contributed by atoms with van der Waals surface area (Å²) in [7, 11) is 0. The largest absolute Gasteiger partial charge is 0.507 e. The van der Waals surface area contributed by atoms with Gasteiger partial charge in [-0.3, -0.25) is 0 Å². The van der Waals surface area contributed by atoms with Gasteiger partial charge in [-0.05, 0) is 25.1 Å². The standard InChI is InChI=1S/C10H11NO2/c1-7(12)11-6-5-8-9(11)3-2-4-10(8)13/h2-7,12-13H,1H3. The van der Waals surface area contributed by atoms with Gasteiger partial charge in [0, 0.05) is 11.6 Å². The highest BCUT2D eigenvalue weighted by atomic mass is 16.3. The summed E-state index contributed by atoms with van der Waals surface area (Å²) in [4.78, 5) is 0. The van der Waals surface area contributed by atoms with E-state index in [1.165, 1.54) is 0 Å². The average Bonchev–Trinajstić information content (AvgIpc) is 2.48. The molecule has 0 radical (unpaired) electrons. The Balaban J connectivity index is 2.75. The molecule has 13 heavy (non-hydrogen) atoms. The van der Waals surface area contributed by atoms with Gasteiger partial charge < -0.3 is 14.8 Å². The molecule has 2 rings (SSSR count). The van der Waals surface area contributed by atoms with Crippen LogP contribution in [0.15, 0.2) is 30.5 Å². The summed E-state index contributed by atoms with van der Waals surface area (Å²) < 4.78 is 1.70. The Morgan fingerprint density at radius 3 is 2.77 bits per heavy atom. The Kier molecular flexibility index (Phi) is 1.74. The molecule has 3 nitrogen and oxygen atoms in total. The Hall–Kier alpha value is -1.48. The second-order valence-corrected chi connectivity index (χ2v) is 3.06. The molecular formula is C10H11NO2. The van der Waals surface area contributed by atoms with Gasteiger partial charge in [-0.25, -0.2) is 0 Å². The van der Waals surface area contributed by atoms with Gasteiger partial charge in [0.25, 0.3) is 0 Å². The number of hydrogen-bond acceptors (Lipinski definition) is 2. The van der Waals surface area contributed by atoms with Crippen LogP contribution in [0.3, 0.4) is 0 Å². The molecule has 2 aromatic rings. The first-order chi connectivity index (χ1) is 6.20. The van der Waals surface area contributed by atoms with Crippen molar-refractivity contribution in [2.45, 2.75) is 13.2 Å². The molecule has 2 N–H and O–H groups in total. The number of phenolic OH excluding ortho intramolecular Hbond substituents is 1. The van der Waals surface area contributed by atoms with Gasteiger partial charge in [0.15, 0.2) is 0 Å². The molecule has 0 saturated heterocycles. The van der Waals surface area contributed by atoms with Crippen LogP contribution in [0.5, 0.6) is 5.75 Å². The third-order valence-corrected chi connectivity index (χ3v) is 2.14. The van der Waals surface area contributed by atoms with Crippen LogP contribution in [0.25, 0.3) is 10.9 Å². The van der Waals surface area contributed by atoms with E-state index in [0.717, 1.165) is 10.9 Å². The number of aliphatic hydroxyl groups is 1. The number of rotatable bonds is 1. The van der Waals surface area contributed by atoms with Crippen LogP contribution in [-0.2, 0) is 0 Å². The maximum Gasteiger partial charge on any atom is 0.127 e. The molecular weight excluding hydrogens is 166 g/mol. The zero-order valence-corrected chi connectivity index (χ0v) is 7.31. The second-order valence-electron chi connectivity index (χ2n) is 3.06. The summed E-state index contributed by atoms with van der Waals surface area (Å²) in [5, 5.41) is 19.6. The number of nitrogens with zero attached hydrogens (tertiary/aromatic N) is 1. The highest BCUT2D eigenvalue weighted by molar-refractivity contribution is 5.86. The summed E-state index contributed by atoms with van der Waals surface area (Å²) >= 11 is 0. The van der Waals surface area contributed by atoms with Crippen molar-refractivity contribution >= 4 is 10.9 Å². The molecule has 1 aromatic heterocycles. The van der Waals surface area contributed by atoms with Crippen LogP contribution >= 0.6 is 0 Å². The smallest absolute Gasteiger partial charge is 0.127 e. The normalized spacial score (nSPS) is 13.4. The van der Waals surface area contributed by atoms with Gasteiger partial charge in [-0.15, -0.1) is 0 Å². The van der Waals surface area contributed by atoms with Crippen molar-refractivity contribution in [1.82, 2.24) is 4.57 Å². The molecule has 0 aliphatic heterocycles. The fraction of sp³-hybridized carbons (Fsp3) is 0.200. The lowest BCUT2D eigenvalue weighted by atomic mass is 10.2. The van der Waals surface area contributed by atoms with E-state index in [4.69, 9.17) is 0 Å². The van der Waals surface area contributed by atoms with Gasteiger partial charge in [0.05, 0.1) is 5.52 Å². The number of benzene rings is 1. The van der Waals surface area contributed by atoms with E-state index in [9.17, 15) is 10.2 Å². The summed E-state index contributed by atoms with van der Waals surface area (Å²) in [6.45, 7) is 1.68. The number of aromatic nitrogens is 1. The quantitative estimate of drug-likeness (QED) is 0.698. The minimum absolute atomic E-state index is 0.247. The third-order valence-electron chi connectivity index (χ3n) is 2.14. The maximum atomic E-state index is 9.47. The van der Waals surface area contributed by atoms with E-state index >= 15 is 0 Å². The minimum atomic E-state index is -0.570. The Morgan fingerprint density at radius 2 is 2.08 bits per heavy atom. The lowest BCUT2D eigenvalue weighted by Crippen LogP contribution is -2.00. The summed E-state index contributed by atoms with van der Waals surface area (Å²) in [5.41, 5.74) is 0.843. The zero-order chi connectivity index (χ0) is 9.42. The van der Waals surface area contributed by atoms with Crippen LogP contribution in [-0.4, -0.2) is 14.8 Å². The highest BCUT2D eigenvalue weighted by Gasteiger charge is 2.06. The van der Waals surface area contributed by atoms with Gasteiger partial charge in [-0.2, -0.15) is 0 Å². The van der Waals surface area contributed by atoms with E-state index in [2.05, 4.69) is 0 Å². The molecule has 0 spiro atoms. The average molecular weight is 177 g/mol. The van der Waals surface area contributed by atoms with E-state index in [-0.39, 0.29) is 5.75 Å². The Labute approximate surface area is 75.9 Å². The predicted octanol–water partition coefficient (Wildman–Crippen LogP) is 1.86. The van der Waals surface area contributed by atoms with Gasteiger partial charge >= 0.3 is 0 Å². The Bertz CT molecular complexity index is 431. The van der Waals surface area contributed by atoms with E-state index in [0.29, 0.717) is 0 Å². The summed E-state index contributed by atoms with van der Waals surface area (Å²) in [5.74, 6) is 0.247. The van der Waals surface area contributed by atoms with Crippen molar-refractivity contribution in [1.29, 1.82) is 0 Å². The van der Waals surface area contributed by atoms with Crippen LogP contribution in [0, 0.1) is 0 Å². The van der Waals surface area contributed by atoms with Crippen molar-refractivity contribution in [2.75, 3.05) is 0 Å². The lowest BCUT2D eigenvalue weighted by Gasteiger charge is -2.07. The van der Waals surface area contributed by atoms with E-state index < -0.39 is 6.23 Å². The lowest BCUT2D eigenvalue weighted by molar-refractivity contribution is 0.129. The van der Waals surface area contributed by atoms with Gasteiger partial charge in [0.1, 0.15) is 12.0 Å². The fourth-order valence-corrected chi connectivity index (χ4v) is 1.50. The van der Waals surface area contributed by atoms with Crippen molar-refractivity contribution in [3.63, 3.8) is 0 Å². The zero-order valence-electron chi connectivity index (χ0n) is 7.31. The molecule has 0 saturated carbocycles. The number of aliphatic hydroxyl groups excluding tert-OH is 1. The van der Waals surface area contributed by atoms with Crippen LogP contribution < -0.4 is 0 Å². The molecule has 1 unspecified atom stereocenters. The molecule has 3 heteroatoms. The summed E-state index contributed by atoms with van der Waals surface area (Å²) in [6.07, 6.45) is 1.19. The minimum Gasteiger partial charge on any atom is -0.507 e. The van der Waals surface area contributed by atoms with Crippen LogP contribution in [0.2, 0.25) is 0 Å². The van der Waals surface area contributed by atoms with Crippen molar-refractivity contribution in [3.05, 3.63) is 30.5 Å². The Morgan fingerprint density at radius 1 is 1.31 bits per heavy atom. The first kappa shape index (κ1) is 8.13. The molecule has 0 fully saturated rings. The van der Waals surface area contributed by atoms with Gasteiger partial charge in [-0.1, -0.05) is 6.07 Å². The first-order valence-electron chi connectivity index (χ1n) is 4.17. The van der Waals surface area contributed by atoms with Crippen LogP contribution in [0.1, 0.15) is 13.2 Å². The number of phenols is 1. The highest BCUT2D eigenvalue weighted by Crippen LogP contribution is 2.26. The van der Waals surface area contributed by atoms with E-state index in [1.807, 2.05) is 6.07 Å². The molecule has 0 bridgehead atoms. The molecule has 1 atom stereocenters. The molecule has 0 aliphatic carbocycles. The summed E-state index contributed by atoms with van der Waals surface area (Å²) in [6, 6.07) is 7.05. The SMILES string of the molecule is CC(O)n1ccc2c(O)cccc21. The number of hydrogen-bond donors (Lipinski definition) is 2. The maximum absolute atomic E-state index is 9.47. The first-order valence-corrected chi connectivity index (χ1v) is 4.17. The van der Waals surface area contributed by atoms with Crippen molar-refractivity contribution < 1.29 is 10.2 Å². The van der Waals surface area contributed by atoms with E-state index in [1.54, 1.807) is 35.9 Å². The van der Waals surface area contributed by atoms with Crippen molar-refractivity contribution in [3.8, 4) is 5.75 Å². The number of aromatic hydroxyl groups is 1. The van der Waals surface area contributed by atoms with Gasteiger partial charge in [0.2, 0.25) is 0 Å². The number of fused-ring (bicyclic) bond motifs is 1.